The lowest BCUT2D eigenvalue weighted by Crippen LogP contribution is -2.10. The molecule has 136 valence electrons. The fourth-order valence-electron chi connectivity index (χ4n) is 2.46. The van der Waals surface area contributed by atoms with Crippen molar-refractivity contribution in [2.45, 2.75) is 12.8 Å². The van der Waals surface area contributed by atoms with Gasteiger partial charge in [0.05, 0.1) is 25.4 Å². The lowest BCUT2D eigenvalue weighted by atomic mass is 10.1. The zero-order chi connectivity index (χ0) is 18.7. The molecule has 0 aliphatic rings. The Kier molecular flexibility index (Phi) is 4.79. The van der Waals surface area contributed by atoms with Crippen LogP contribution in [0.3, 0.4) is 0 Å². The minimum absolute atomic E-state index is 0.102. The van der Waals surface area contributed by atoms with Crippen LogP contribution in [0.5, 0.6) is 17.4 Å². The summed E-state index contributed by atoms with van der Waals surface area (Å²) in [5, 5.41) is 0.850. The number of benzene rings is 2. The van der Waals surface area contributed by atoms with Gasteiger partial charge in [0.25, 0.3) is 5.92 Å². The molecule has 5 nitrogen and oxygen atoms in total. The number of fused-ring (bicyclic) bond motifs is 1. The molecule has 7 heteroatoms. The van der Waals surface area contributed by atoms with E-state index in [2.05, 4.69) is 10.5 Å². The molecular weight excluding hydrogens is 342 g/mol. The highest BCUT2D eigenvalue weighted by Gasteiger charge is 2.24. The maximum Gasteiger partial charge on any atom is 0.270 e. The molecule has 0 unspecified atom stereocenters. The normalized spacial score (nSPS) is 11.3. The van der Waals surface area contributed by atoms with Crippen LogP contribution in [0.25, 0.3) is 10.9 Å². The second kappa shape index (κ2) is 7.03. The first kappa shape index (κ1) is 17.7. The van der Waals surface area contributed by atoms with Gasteiger partial charge in [-0.25, -0.2) is 19.2 Å². The Labute approximate surface area is 149 Å². The molecule has 0 aliphatic carbocycles. The summed E-state index contributed by atoms with van der Waals surface area (Å²) in [6.07, 6.45) is 0. The van der Waals surface area contributed by atoms with Crippen LogP contribution < -0.4 is 19.8 Å². The first-order valence-corrected chi connectivity index (χ1v) is 7.84. The van der Waals surface area contributed by atoms with Gasteiger partial charge >= 0.3 is 0 Å². The number of ether oxygens (including phenoxy) is 2. The molecule has 1 N–H and O–H groups in total. The number of nitrogens with zero attached hydrogens (tertiary/aromatic N) is 1. The van der Waals surface area contributed by atoms with Crippen LogP contribution in [0.15, 0.2) is 48.5 Å². The van der Waals surface area contributed by atoms with E-state index < -0.39 is 5.92 Å². The van der Waals surface area contributed by atoms with E-state index in [1.54, 1.807) is 32.4 Å². The van der Waals surface area contributed by atoms with Crippen molar-refractivity contribution < 1.29 is 23.1 Å². The van der Waals surface area contributed by atoms with E-state index >= 15 is 0 Å². The van der Waals surface area contributed by atoms with Crippen molar-refractivity contribution in [3.05, 3.63) is 54.1 Å². The zero-order valence-corrected chi connectivity index (χ0v) is 14.5. The van der Waals surface area contributed by atoms with Crippen LogP contribution in [-0.2, 0) is 5.92 Å². The van der Waals surface area contributed by atoms with E-state index in [9.17, 15) is 8.78 Å². The Balaban J connectivity index is 1.81. The van der Waals surface area contributed by atoms with Gasteiger partial charge in [0.15, 0.2) is 11.5 Å². The Bertz CT molecular complexity index is 926. The first-order valence-electron chi connectivity index (χ1n) is 7.84. The van der Waals surface area contributed by atoms with Gasteiger partial charge in [-0.2, -0.15) is 0 Å². The average molecular weight is 360 g/mol. The maximum atomic E-state index is 13.4. The lowest BCUT2D eigenvalue weighted by molar-refractivity contribution is 0.0175. The molecule has 1 aromatic heterocycles. The molecule has 3 aromatic rings. The minimum atomic E-state index is -2.92. The number of aromatic nitrogens is 1. The molecule has 26 heavy (non-hydrogen) atoms. The van der Waals surface area contributed by atoms with Crippen molar-refractivity contribution in [2.75, 3.05) is 19.7 Å². The third kappa shape index (κ3) is 3.77. The number of nitrogens with one attached hydrogen (secondary N) is 1. The summed E-state index contributed by atoms with van der Waals surface area (Å²) in [6.45, 7) is 0.847. The molecular formula is C19H18F2N2O3. The number of hydrogen-bond donors (Lipinski definition) is 1. The van der Waals surface area contributed by atoms with Gasteiger partial charge in [-0.3, -0.25) is 0 Å². The van der Waals surface area contributed by atoms with E-state index in [1.165, 1.54) is 18.2 Å². The number of alkyl halides is 2. The molecule has 0 bridgehead atoms. The van der Waals surface area contributed by atoms with Crippen LogP contribution in [0.1, 0.15) is 12.5 Å². The standard InChI is InChI=1S/C19H18F2N2O3/c1-19(20,21)13-5-4-6-14(10-13)23-26-18-8-7-12-9-16(24-2)17(25-3)11-15(12)22-18/h4-11,23H,1-3H3. The number of hydrogen-bond acceptors (Lipinski definition) is 5. The van der Waals surface area contributed by atoms with Gasteiger partial charge in [-0.15, -0.1) is 0 Å². The smallest absolute Gasteiger partial charge is 0.270 e. The Morgan fingerprint density at radius 2 is 1.69 bits per heavy atom. The predicted molar refractivity (Wildman–Crippen MR) is 95.1 cm³/mol. The van der Waals surface area contributed by atoms with Crippen molar-refractivity contribution in [2.24, 2.45) is 0 Å². The Morgan fingerprint density at radius 3 is 2.38 bits per heavy atom. The molecule has 0 amide bonds. The third-order valence-corrected chi connectivity index (χ3v) is 3.81. The highest BCUT2D eigenvalue weighted by atomic mass is 19.3. The first-order chi connectivity index (χ1) is 12.4. The van der Waals surface area contributed by atoms with Gasteiger partial charge in [0.1, 0.15) is 0 Å². The van der Waals surface area contributed by atoms with Crippen molar-refractivity contribution in [3.8, 4) is 17.4 Å². The zero-order valence-electron chi connectivity index (χ0n) is 14.5. The van der Waals surface area contributed by atoms with Crippen LogP contribution in [-0.4, -0.2) is 19.2 Å². The molecule has 0 atom stereocenters. The summed E-state index contributed by atoms with van der Waals surface area (Å²) >= 11 is 0. The molecule has 0 fully saturated rings. The SMILES string of the molecule is COc1cc2ccc(ONc3cccc(C(C)(F)F)c3)nc2cc1OC. The lowest BCUT2D eigenvalue weighted by Gasteiger charge is -2.13. The van der Waals surface area contributed by atoms with Crippen LogP contribution in [0.2, 0.25) is 0 Å². The molecule has 3 rings (SSSR count). The Morgan fingerprint density at radius 1 is 0.962 bits per heavy atom. The van der Waals surface area contributed by atoms with Crippen molar-refractivity contribution in [1.82, 2.24) is 4.98 Å². The van der Waals surface area contributed by atoms with Crippen LogP contribution >= 0.6 is 0 Å². The number of rotatable bonds is 6. The fourth-order valence-corrected chi connectivity index (χ4v) is 2.46. The fraction of sp³-hybridized carbons (Fsp3) is 0.211. The second-order valence-corrected chi connectivity index (χ2v) is 5.72. The summed E-state index contributed by atoms with van der Waals surface area (Å²) in [4.78, 5) is 9.80. The summed E-state index contributed by atoms with van der Waals surface area (Å²) in [5.41, 5.74) is 3.59. The number of pyridine rings is 1. The molecule has 0 saturated heterocycles. The Hall–Kier alpha value is -3.09. The van der Waals surface area contributed by atoms with Crippen molar-refractivity contribution in [3.63, 3.8) is 0 Å². The quantitative estimate of drug-likeness (QED) is 0.642. The predicted octanol–water partition coefficient (Wildman–Crippen LogP) is 4.77. The van der Waals surface area contributed by atoms with E-state index in [1.807, 2.05) is 12.1 Å². The largest absolute Gasteiger partial charge is 0.493 e. The average Bonchev–Trinajstić information content (AvgIpc) is 2.64. The van der Waals surface area contributed by atoms with E-state index in [-0.39, 0.29) is 5.56 Å². The van der Waals surface area contributed by atoms with Crippen molar-refractivity contribution in [1.29, 1.82) is 0 Å². The maximum absolute atomic E-state index is 13.4. The topological polar surface area (TPSA) is 52.6 Å². The highest BCUT2D eigenvalue weighted by molar-refractivity contribution is 5.83. The summed E-state index contributed by atoms with van der Waals surface area (Å²) in [6, 6.07) is 12.9. The van der Waals surface area contributed by atoms with Gasteiger partial charge in [-0.05, 0) is 24.3 Å². The molecule has 1 heterocycles. The number of anilines is 1. The molecule has 0 aliphatic heterocycles. The number of methoxy groups -OCH3 is 2. The van der Waals surface area contributed by atoms with Gasteiger partial charge in [-0.1, -0.05) is 12.1 Å². The summed E-state index contributed by atoms with van der Waals surface area (Å²) < 4.78 is 37.3. The molecule has 0 radical (unpaired) electrons. The summed E-state index contributed by atoms with van der Waals surface area (Å²) in [5.74, 6) is -1.48. The van der Waals surface area contributed by atoms with Crippen LogP contribution in [0, 0.1) is 0 Å². The molecule has 0 saturated carbocycles. The second-order valence-electron chi connectivity index (χ2n) is 5.72. The monoisotopic (exact) mass is 360 g/mol. The van der Waals surface area contributed by atoms with E-state index in [4.69, 9.17) is 14.3 Å². The third-order valence-electron chi connectivity index (χ3n) is 3.81. The van der Waals surface area contributed by atoms with Crippen LogP contribution in [0.4, 0.5) is 14.5 Å². The number of halogens is 2. The van der Waals surface area contributed by atoms with Crippen molar-refractivity contribution >= 4 is 16.6 Å². The minimum Gasteiger partial charge on any atom is -0.493 e. The van der Waals surface area contributed by atoms with Gasteiger partial charge < -0.3 is 14.3 Å². The van der Waals surface area contributed by atoms with E-state index in [0.29, 0.717) is 28.6 Å². The molecule has 2 aromatic carbocycles. The summed E-state index contributed by atoms with van der Waals surface area (Å²) in [7, 11) is 3.11. The van der Waals surface area contributed by atoms with E-state index in [0.717, 1.165) is 12.3 Å². The van der Waals surface area contributed by atoms with Gasteiger partial charge in [0, 0.05) is 30.0 Å². The molecule has 0 spiro atoms. The highest BCUT2D eigenvalue weighted by Crippen LogP contribution is 2.32. The van der Waals surface area contributed by atoms with Gasteiger partial charge in [0.2, 0.25) is 5.88 Å².